The summed E-state index contributed by atoms with van der Waals surface area (Å²) in [7, 11) is 1.65. The molecule has 0 aliphatic rings. The first-order chi connectivity index (χ1) is 7.77. The molecule has 1 aromatic heterocycles. The topological polar surface area (TPSA) is 53.1 Å². The number of hydrogen-bond acceptors (Lipinski definition) is 3. The van der Waals surface area contributed by atoms with Gasteiger partial charge in [-0.2, -0.15) is 5.10 Å². The second-order valence-electron chi connectivity index (χ2n) is 3.46. The van der Waals surface area contributed by atoms with Crippen LogP contribution in [-0.2, 0) is 6.54 Å². The molecule has 0 spiro atoms. The second-order valence-corrected chi connectivity index (χ2v) is 3.46. The zero-order chi connectivity index (χ0) is 11.5. The molecule has 2 aromatic rings. The van der Waals surface area contributed by atoms with Gasteiger partial charge >= 0.3 is 0 Å². The Kier molecular flexibility index (Phi) is 2.81. The molecule has 0 aliphatic carbocycles. The van der Waals surface area contributed by atoms with E-state index in [4.69, 9.17) is 10.5 Å². The summed E-state index contributed by atoms with van der Waals surface area (Å²) in [4.78, 5) is 0. The summed E-state index contributed by atoms with van der Waals surface area (Å²) in [6, 6.07) is 7.80. The Balaban J connectivity index is 2.61. The van der Waals surface area contributed by atoms with Gasteiger partial charge in [0.25, 0.3) is 0 Å². The molecule has 0 atom stereocenters. The largest absolute Gasteiger partial charge is 0.496 e. The molecule has 0 unspecified atom stereocenters. The molecule has 0 saturated carbocycles. The van der Waals surface area contributed by atoms with Crippen LogP contribution in [0.15, 0.2) is 30.5 Å². The Bertz CT molecular complexity index is 491. The van der Waals surface area contributed by atoms with Crippen molar-refractivity contribution in [3.63, 3.8) is 0 Å². The molecule has 0 aliphatic heterocycles. The van der Waals surface area contributed by atoms with Gasteiger partial charge in [0.05, 0.1) is 24.7 Å². The highest BCUT2D eigenvalue weighted by molar-refractivity contribution is 5.77. The van der Waals surface area contributed by atoms with Gasteiger partial charge in [-0.15, -0.1) is 0 Å². The fraction of sp³-hybridized carbons (Fsp3) is 0.250. The number of anilines is 1. The SMILES string of the molecule is CCn1ncc(N)c1-c1ccccc1OC. The van der Waals surface area contributed by atoms with Crippen molar-refractivity contribution < 1.29 is 4.74 Å². The number of nitrogens with zero attached hydrogens (tertiary/aromatic N) is 2. The molecule has 1 heterocycles. The highest BCUT2D eigenvalue weighted by Crippen LogP contribution is 2.33. The summed E-state index contributed by atoms with van der Waals surface area (Å²) >= 11 is 0. The number of aryl methyl sites for hydroxylation is 1. The third kappa shape index (κ3) is 1.62. The van der Waals surface area contributed by atoms with Gasteiger partial charge in [-0.05, 0) is 19.1 Å². The van der Waals surface area contributed by atoms with Crippen LogP contribution in [-0.4, -0.2) is 16.9 Å². The molecule has 0 fully saturated rings. The summed E-state index contributed by atoms with van der Waals surface area (Å²) in [5.41, 5.74) is 8.50. The number of rotatable bonds is 3. The van der Waals surface area contributed by atoms with E-state index >= 15 is 0 Å². The smallest absolute Gasteiger partial charge is 0.128 e. The number of para-hydroxylation sites is 1. The quantitative estimate of drug-likeness (QED) is 0.857. The van der Waals surface area contributed by atoms with Gasteiger partial charge in [0.15, 0.2) is 0 Å². The first kappa shape index (κ1) is 10.5. The minimum absolute atomic E-state index is 0.673. The van der Waals surface area contributed by atoms with Crippen molar-refractivity contribution in [2.45, 2.75) is 13.5 Å². The van der Waals surface area contributed by atoms with Crippen LogP contribution in [0.1, 0.15) is 6.92 Å². The fourth-order valence-electron chi connectivity index (χ4n) is 1.77. The van der Waals surface area contributed by atoms with E-state index in [1.807, 2.05) is 35.9 Å². The van der Waals surface area contributed by atoms with E-state index in [1.54, 1.807) is 13.3 Å². The van der Waals surface area contributed by atoms with Crippen LogP contribution in [0.25, 0.3) is 11.3 Å². The van der Waals surface area contributed by atoms with Crippen molar-refractivity contribution >= 4 is 5.69 Å². The van der Waals surface area contributed by atoms with Crippen LogP contribution in [0.5, 0.6) is 5.75 Å². The summed E-state index contributed by atoms with van der Waals surface area (Å²) in [5.74, 6) is 0.810. The van der Waals surface area contributed by atoms with Crippen molar-refractivity contribution in [1.29, 1.82) is 0 Å². The second kappa shape index (κ2) is 4.26. The highest BCUT2D eigenvalue weighted by atomic mass is 16.5. The number of nitrogen functional groups attached to an aromatic ring is 1. The molecule has 0 radical (unpaired) electrons. The Morgan fingerprint density at radius 2 is 2.12 bits per heavy atom. The van der Waals surface area contributed by atoms with E-state index in [2.05, 4.69) is 5.10 Å². The van der Waals surface area contributed by atoms with Gasteiger partial charge in [0, 0.05) is 12.1 Å². The van der Waals surface area contributed by atoms with Crippen LogP contribution in [0.3, 0.4) is 0 Å². The Morgan fingerprint density at radius 3 is 2.81 bits per heavy atom. The maximum atomic E-state index is 5.93. The number of aromatic nitrogens is 2. The zero-order valence-corrected chi connectivity index (χ0v) is 9.47. The number of nitrogens with two attached hydrogens (primary N) is 1. The van der Waals surface area contributed by atoms with E-state index in [0.717, 1.165) is 23.6 Å². The molecule has 0 saturated heterocycles. The molecule has 2 rings (SSSR count). The third-order valence-electron chi connectivity index (χ3n) is 2.53. The molecular weight excluding hydrogens is 202 g/mol. The molecule has 4 nitrogen and oxygen atoms in total. The molecule has 1 aromatic carbocycles. The number of benzene rings is 1. The van der Waals surface area contributed by atoms with Gasteiger partial charge in [-0.3, -0.25) is 4.68 Å². The minimum Gasteiger partial charge on any atom is -0.496 e. The van der Waals surface area contributed by atoms with E-state index < -0.39 is 0 Å². The summed E-state index contributed by atoms with van der Waals surface area (Å²) in [6.07, 6.45) is 1.67. The summed E-state index contributed by atoms with van der Waals surface area (Å²) in [6.45, 7) is 2.82. The van der Waals surface area contributed by atoms with Crippen LogP contribution in [0.2, 0.25) is 0 Å². The molecule has 84 valence electrons. The Morgan fingerprint density at radius 1 is 1.38 bits per heavy atom. The van der Waals surface area contributed by atoms with Gasteiger partial charge in [-0.1, -0.05) is 12.1 Å². The van der Waals surface area contributed by atoms with Gasteiger partial charge < -0.3 is 10.5 Å². The highest BCUT2D eigenvalue weighted by Gasteiger charge is 2.13. The molecule has 0 amide bonds. The van der Waals surface area contributed by atoms with Gasteiger partial charge in [0.1, 0.15) is 5.75 Å². The van der Waals surface area contributed by atoms with Gasteiger partial charge in [0.2, 0.25) is 0 Å². The lowest BCUT2D eigenvalue weighted by Gasteiger charge is -2.10. The van der Waals surface area contributed by atoms with E-state index in [9.17, 15) is 0 Å². The third-order valence-corrected chi connectivity index (χ3v) is 2.53. The lowest BCUT2D eigenvalue weighted by atomic mass is 10.1. The average Bonchev–Trinajstić information content (AvgIpc) is 2.70. The normalized spacial score (nSPS) is 10.4. The van der Waals surface area contributed by atoms with E-state index in [-0.39, 0.29) is 0 Å². The zero-order valence-electron chi connectivity index (χ0n) is 9.47. The lowest BCUT2D eigenvalue weighted by Crippen LogP contribution is -2.01. The standard InChI is InChI=1S/C12H15N3O/c1-3-15-12(10(13)8-14-15)9-6-4-5-7-11(9)16-2/h4-8H,3,13H2,1-2H3. The van der Waals surface area contributed by atoms with Crippen molar-refractivity contribution in [2.75, 3.05) is 12.8 Å². The maximum Gasteiger partial charge on any atom is 0.128 e. The number of methoxy groups -OCH3 is 1. The van der Waals surface area contributed by atoms with Crippen molar-refractivity contribution in [1.82, 2.24) is 9.78 Å². The van der Waals surface area contributed by atoms with E-state index in [0.29, 0.717) is 5.69 Å². The van der Waals surface area contributed by atoms with Crippen LogP contribution < -0.4 is 10.5 Å². The molecule has 2 N–H and O–H groups in total. The predicted octanol–water partition coefficient (Wildman–Crippen LogP) is 2.16. The summed E-state index contributed by atoms with van der Waals surface area (Å²) < 4.78 is 7.20. The first-order valence-electron chi connectivity index (χ1n) is 5.22. The minimum atomic E-state index is 0.673. The number of hydrogen-bond donors (Lipinski definition) is 1. The first-order valence-corrected chi connectivity index (χ1v) is 5.22. The maximum absolute atomic E-state index is 5.93. The van der Waals surface area contributed by atoms with Crippen LogP contribution in [0, 0.1) is 0 Å². The average molecular weight is 217 g/mol. The Hall–Kier alpha value is -1.97. The lowest BCUT2D eigenvalue weighted by molar-refractivity contribution is 0.416. The Labute approximate surface area is 94.6 Å². The van der Waals surface area contributed by atoms with Crippen molar-refractivity contribution in [2.24, 2.45) is 0 Å². The van der Waals surface area contributed by atoms with Gasteiger partial charge in [-0.25, -0.2) is 0 Å². The monoisotopic (exact) mass is 217 g/mol. The van der Waals surface area contributed by atoms with Crippen LogP contribution in [0.4, 0.5) is 5.69 Å². The predicted molar refractivity (Wildman–Crippen MR) is 64.3 cm³/mol. The molecular formula is C12H15N3O. The number of ether oxygens (including phenoxy) is 1. The fourth-order valence-corrected chi connectivity index (χ4v) is 1.77. The summed E-state index contributed by atoms with van der Waals surface area (Å²) in [5, 5.41) is 4.22. The van der Waals surface area contributed by atoms with E-state index in [1.165, 1.54) is 0 Å². The van der Waals surface area contributed by atoms with Crippen LogP contribution >= 0.6 is 0 Å². The molecule has 0 bridgehead atoms. The molecule has 16 heavy (non-hydrogen) atoms. The van der Waals surface area contributed by atoms with Crippen molar-refractivity contribution in [3.8, 4) is 17.0 Å². The van der Waals surface area contributed by atoms with Crippen molar-refractivity contribution in [3.05, 3.63) is 30.5 Å². The molecule has 4 heteroatoms.